The van der Waals surface area contributed by atoms with E-state index in [9.17, 15) is 4.79 Å². The van der Waals surface area contributed by atoms with Crippen LogP contribution in [-0.2, 0) is 0 Å². The fourth-order valence-corrected chi connectivity index (χ4v) is 2.92. The first-order valence-electron chi connectivity index (χ1n) is 7.31. The van der Waals surface area contributed by atoms with Gasteiger partial charge in [-0.15, -0.1) is 0 Å². The third-order valence-corrected chi connectivity index (χ3v) is 3.92. The Kier molecular flexibility index (Phi) is 2.90. The van der Waals surface area contributed by atoms with Gasteiger partial charge in [-0.05, 0) is 24.6 Å². The maximum Gasteiger partial charge on any atom is 0.282 e. The molecule has 2 aromatic carbocycles. The lowest BCUT2D eigenvalue weighted by Crippen LogP contribution is -2.34. The minimum absolute atomic E-state index is 0.249. The molecule has 3 N–H and O–H groups in total. The van der Waals surface area contributed by atoms with Crippen LogP contribution in [0.25, 0.3) is 10.9 Å². The zero-order valence-electron chi connectivity index (χ0n) is 12.5. The topological polar surface area (TPSA) is 85.3 Å². The van der Waals surface area contributed by atoms with Crippen molar-refractivity contribution in [2.45, 2.75) is 13.1 Å². The van der Waals surface area contributed by atoms with Gasteiger partial charge in [-0.2, -0.15) is 4.98 Å². The Morgan fingerprint density at radius 2 is 2.00 bits per heavy atom. The van der Waals surface area contributed by atoms with Crippen LogP contribution in [0, 0.1) is 6.92 Å². The number of rotatable bonds is 1. The van der Waals surface area contributed by atoms with E-state index in [1.165, 1.54) is 0 Å². The van der Waals surface area contributed by atoms with Crippen LogP contribution in [0.2, 0.25) is 0 Å². The number of nitrogens with two attached hydrogens (primary N) is 1. The van der Waals surface area contributed by atoms with Crippen molar-refractivity contribution < 1.29 is 0 Å². The molecule has 0 radical (unpaired) electrons. The highest BCUT2D eigenvalue weighted by molar-refractivity contribution is 5.93. The highest BCUT2D eigenvalue weighted by Crippen LogP contribution is 2.29. The van der Waals surface area contributed by atoms with Crippen molar-refractivity contribution in [2.75, 3.05) is 5.32 Å². The molecule has 114 valence electrons. The van der Waals surface area contributed by atoms with E-state index in [-0.39, 0.29) is 17.7 Å². The summed E-state index contributed by atoms with van der Waals surface area (Å²) >= 11 is 0. The molecule has 1 aliphatic heterocycles. The van der Waals surface area contributed by atoms with Crippen LogP contribution in [0.4, 0.5) is 5.95 Å². The van der Waals surface area contributed by atoms with Crippen LogP contribution < -0.4 is 16.6 Å². The first-order chi connectivity index (χ1) is 11.1. The summed E-state index contributed by atoms with van der Waals surface area (Å²) in [5, 5.41) is 3.45. The molecule has 2 heterocycles. The van der Waals surface area contributed by atoms with E-state index in [4.69, 9.17) is 5.73 Å². The van der Waals surface area contributed by atoms with E-state index >= 15 is 0 Å². The third-order valence-electron chi connectivity index (χ3n) is 3.92. The zero-order valence-corrected chi connectivity index (χ0v) is 12.5. The normalized spacial score (nSPS) is 16.6. The summed E-state index contributed by atoms with van der Waals surface area (Å²) in [5.41, 5.74) is 8.51. The van der Waals surface area contributed by atoms with Gasteiger partial charge in [-0.3, -0.25) is 14.7 Å². The molecule has 1 atom stereocenters. The minimum Gasteiger partial charge on any atom is -0.370 e. The Bertz CT molecular complexity index is 1010. The van der Waals surface area contributed by atoms with Crippen LogP contribution in [-0.4, -0.2) is 15.5 Å². The number of hydrogen-bond acceptors (Lipinski definition) is 5. The summed E-state index contributed by atoms with van der Waals surface area (Å²) in [6, 6.07) is 15.4. The number of benzene rings is 2. The molecule has 0 saturated heterocycles. The lowest BCUT2D eigenvalue weighted by atomic mass is 10.1. The number of nitrogens with zero attached hydrogens (tertiary/aromatic N) is 3. The lowest BCUT2D eigenvalue weighted by Gasteiger charge is -2.27. The second kappa shape index (κ2) is 4.95. The monoisotopic (exact) mass is 305 g/mol. The number of anilines is 1. The molecule has 0 fully saturated rings. The predicted octanol–water partition coefficient (Wildman–Crippen LogP) is 1.99. The quantitative estimate of drug-likeness (QED) is 0.720. The minimum atomic E-state index is -0.357. The predicted molar refractivity (Wildman–Crippen MR) is 90.6 cm³/mol. The number of aryl methyl sites for hydroxylation is 1. The maximum absolute atomic E-state index is 12.2. The van der Waals surface area contributed by atoms with Crippen LogP contribution >= 0.6 is 0 Å². The van der Waals surface area contributed by atoms with E-state index in [2.05, 4.69) is 21.4 Å². The summed E-state index contributed by atoms with van der Waals surface area (Å²) in [6.45, 7) is 2.03. The molecule has 0 saturated carbocycles. The van der Waals surface area contributed by atoms with Crippen LogP contribution in [0.1, 0.15) is 17.3 Å². The van der Waals surface area contributed by atoms with Gasteiger partial charge in [0.05, 0.1) is 10.9 Å². The van der Waals surface area contributed by atoms with Crippen LogP contribution in [0.3, 0.4) is 0 Å². The first kappa shape index (κ1) is 13.5. The SMILES string of the molecule is Cc1cccc([C@@H]2N=C(N)Nc3nc(=O)c4ccccc4n32)c1. The summed E-state index contributed by atoms with van der Waals surface area (Å²) in [7, 11) is 0. The van der Waals surface area contributed by atoms with Crippen LogP contribution in [0.5, 0.6) is 0 Å². The second-order valence-electron chi connectivity index (χ2n) is 5.55. The van der Waals surface area contributed by atoms with Gasteiger partial charge in [-0.25, -0.2) is 4.99 Å². The summed E-state index contributed by atoms with van der Waals surface area (Å²) in [6.07, 6.45) is -0.357. The number of hydrogen-bond donors (Lipinski definition) is 2. The van der Waals surface area contributed by atoms with Gasteiger partial charge in [0.15, 0.2) is 12.1 Å². The van der Waals surface area contributed by atoms with Crippen molar-refractivity contribution in [1.29, 1.82) is 0 Å². The van der Waals surface area contributed by atoms with Gasteiger partial charge in [0.25, 0.3) is 5.56 Å². The number of guanidine groups is 1. The molecule has 0 aliphatic carbocycles. The largest absolute Gasteiger partial charge is 0.370 e. The van der Waals surface area contributed by atoms with Crippen molar-refractivity contribution in [1.82, 2.24) is 9.55 Å². The standard InChI is InChI=1S/C17H15N5O/c1-10-5-4-6-11(9-10)14-19-16(18)21-17-20-15(23)12-7-2-3-8-13(12)22(14)17/h2-9,14H,1H3,(H3,18,19,20,21,23)/t14-/m1/s1. The second-order valence-corrected chi connectivity index (χ2v) is 5.55. The average Bonchev–Trinajstić information content (AvgIpc) is 2.54. The molecule has 1 aliphatic rings. The molecule has 1 aromatic heterocycles. The van der Waals surface area contributed by atoms with E-state index < -0.39 is 0 Å². The Morgan fingerprint density at radius 3 is 2.83 bits per heavy atom. The smallest absolute Gasteiger partial charge is 0.282 e. The molecule has 6 nitrogen and oxygen atoms in total. The molecule has 0 unspecified atom stereocenters. The van der Waals surface area contributed by atoms with Crippen molar-refractivity contribution in [3.63, 3.8) is 0 Å². The summed E-state index contributed by atoms with van der Waals surface area (Å²) in [5.74, 6) is 0.659. The van der Waals surface area contributed by atoms with E-state index in [1.807, 2.05) is 47.9 Å². The number of fused-ring (bicyclic) bond motifs is 3. The van der Waals surface area contributed by atoms with E-state index in [1.54, 1.807) is 6.07 Å². The molecule has 23 heavy (non-hydrogen) atoms. The van der Waals surface area contributed by atoms with Gasteiger partial charge in [0.1, 0.15) is 0 Å². The van der Waals surface area contributed by atoms with Crippen LogP contribution in [0.15, 0.2) is 58.3 Å². The van der Waals surface area contributed by atoms with Gasteiger partial charge in [0.2, 0.25) is 5.95 Å². The number of aromatic nitrogens is 2. The average molecular weight is 305 g/mol. The van der Waals surface area contributed by atoms with Gasteiger partial charge in [-0.1, -0.05) is 42.0 Å². The molecule has 0 bridgehead atoms. The zero-order chi connectivity index (χ0) is 16.0. The lowest BCUT2D eigenvalue weighted by molar-refractivity contribution is 0.615. The Labute approximate surface area is 132 Å². The highest BCUT2D eigenvalue weighted by atomic mass is 16.1. The number of aliphatic imine (C=N–C) groups is 1. The van der Waals surface area contributed by atoms with E-state index in [0.717, 1.165) is 16.6 Å². The molecule has 4 rings (SSSR count). The fraction of sp³-hybridized carbons (Fsp3) is 0.118. The molecule has 0 amide bonds. The molecular formula is C17H15N5O. The van der Waals surface area contributed by atoms with Gasteiger partial charge < -0.3 is 5.73 Å². The Hall–Kier alpha value is -3.15. The van der Waals surface area contributed by atoms with Crippen molar-refractivity contribution >= 4 is 22.8 Å². The van der Waals surface area contributed by atoms with Crippen molar-refractivity contribution in [3.8, 4) is 0 Å². The van der Waals surface area contributed by atoms with E-state index in [0.29, 0.717) is 11.3 Å². The maximum atomic E-state index is 12.2. The number of nitrogens with one attached hydrogen (secondary N) is 1. The Morgan fingerprint density at radius 1 is 1.17 bits per heavy atom. The molecule has 6 heteroatoms. The van der Waals surface area contributed by atoms with Crippen molar-refractivity contribution in [3.05, 3.63) is 70.0 Å². The molecular weight excluding hydrogens is 290 g/mol. The summed E-state index contributed by atoms with van der Waals surface area (Å²) in [4.78, 5) is 20.9. The fourth-order valence-electron chi connectivity index (χ4n) is 2.92. The van der Waals surface area contributed by atoms with Crippen molar-refractivity contribution in [2.24, 2.45) is 10.7 Å². The van der Waals surface area contributed by atoms with Gasteiger partial charge >= 0.3 is 0 Å². The Balaban J connectivity index is 2.05. The molecule has 0 spiro atoms. The third kappa shape index (κ3) is 2.15. The highest BCUT2D eigenvalue weighted by Gasteiger charge is 2.24. The summed E-state index contributed by atoms with van der Waals surface area (Å²) < 4.78 is 1.90. The number of para-hydroxylation sites is 1. The van der Waals surface area contributed by atoms with Gasteiger partial charge in [0, 0.05) is 0 Å². The first-order valence-corrected chi connectivity index (χ1v) is 7.31. The molecule has 3 aromatic rings.